The highest BCUT2D eigenvalue weighted by Crippen LogP contribution is 2.67. The SMILES string of the molecule is CCC(CCC(C)C1CCC2C3CC=C4CC(OC)CCC4(C)C3CCC12C)C(C)C.CCCCCCCCC(CCCCCC)OC(=O)CCCCCCN(CCCCO)CCCCCC=O. The van der Waals surface area contributed by atoms with E-state index in [4.69, 9.17) is 14.6 Å². The van der Waals surface area contributed by atoms with Crippen molar-refractivity contribution in [1.82, 2.24) is 4.90 Å². The Morgan fingerprint density at radius 1 is 0.735 bits per heavy atom. The molecule has 0 aromatic heterocycles. The van der Waals surface area contributed by atoms with Gasteiger partial charge in [-0.3, -0.25) is 4.79 Å². The van der Waals surface area contributed by atoms with Crippen molar-refractivity contribution in [3.05, 3.63) is 11.6 Å². The molecule has 0 aliphatic heterocycles. The lowest BCUT2D eigenvalue weighted by Crippen LogP contribution is -2.51. The summed E-state index contributed by atoms with van der Waals surface area (Å²) >= 11 is 0. The summed E-state index contributed by atoms with van der Waals surface area (Å²) in [5, 5.41) is 9.08. The number of hydrogen-bond acceptors (Lipinski definition) is 6. The largest absolute Gasteiger partial charge is 0.462 e. The summed E-state index contributed by atoms with van der Waals surface area (Å²) < 4.78 is 11.7. The summed E-state index contributed by atoms with van der Waals surface area (Å²) in [4.78, 5) is 25.5. The number of nitrogens with zero attached hydrogens (tertiary/aromatic N) is 1. The number of hydrogen-bond donors (Lipinski definition) is 1. The monoisotopic (exact) mass is 954 g/mol. The molecule has 3 saturated carbocycles. The van der Waals surface area contributed by atoms with Gasteiger partial charge in [-0.1, -0.05) is 151 Å². The standard InChI is InChI=1S/C32H63NO4.C30H52O/c1-3-5-7-9-10-16-24-31(23-15-8-6-4-2)37-32(36)25-17-11-12-18-26-33(28-20-22-30-35)27-19-13-14-21-29-34;1-8-22(20(2)3)10-9-21(4)26-13-14-27-25-12-11-23-19-24(31-7)15-17-29(23,5)28(25)16-18-30(26,27)6/h29,31,35H,3-28,30H2,1-2H3;11,20-22,24-28H,8-10,12-19H2,1-7H3. The number of carbonyl (C=O) groups is 2. The molecule has 4 aliphatic rings. The van der Waals surface area contributed by atoms with Crippen LogP contribution < -0.4 is 0 Å². The van der Waals surface area contributed by atoms with Crippen LogP contribution in [0.15, 0.2) is 11.6 Å². The Labute approximate surface area is 422 Å². The molecule has 0 aromatic rings. The molecule has 0 aromatic carbocycles. The van der Waals surface area contributed by atoms with Crippen LogP contribution in [0.25, 0.3) is 0 Å². The molecule has 0 spiro atoms. The van der Waals surface area contributed by atoms with E-state index < -0.39 is 0 Å². The Morgan fingerprint density at radius 2 is 1.35 bits per heavy atom. The zero-order valence-electron chi connectivity index (χ0n) is 46.7. The number of aldehydes is 1. The third-order valence-corrected chi connectivity index (χ3v) is 19.0. The van der Waals surface area contributed by atoms with Gasteiger partial charge < -0.3 is 24.3 Å². The quantitative estimate of drug-likeness (QED) is 0.0289. The van der Waals surface area contributed by atoms with E-state index in [1.165, 1.54) is 135 Å². The Bertz CT molecular complexity index is 1330. The maximum atomic E-state index is 12.5. The molecule has 0 amide bonds. The van der Waals surface area contributed by atoms with E-state index in [-0.39, 0.29) is 18.7 Å². The first-order valence-corrected chi connectivity index (χ1v) is 30.1. The van der Waals surface area contributed by atoms with E-state index >= 15 is 0 Å². The summed E-state index contributed by atoms with van der Waals surface area (Å²) in [5.74, 6) is 6.50. The molecule has 10 atom stereocenters. The third-order valence-electron chi connectivity index (χ3n) is 19.0. The number of unbranched alkanes of at least 4 members (excludes halogenated alkanes) is 15. The molecule has 10 unspecified atom stereocenters. The second-order valence-corrected chi connectivity index (χ2v) is 24.0. The van der Waals surface area contributed by atoms with Gasteiger partial charge in [-0.2, -0.15) is 0 Å². The number of esters is 1. The highest BCUT2D eigenvalue weighted by molar-refractivity contribution is 5.69. The number of methoxy groups -OCH3 is 1. The van der Waals surface area contributed by atoms with Crippen molar-refractivity contribution in [2.45, 2.75) is 286 Å². The lowest BCUT2D eigenvalue weighted by atomic mass is 9.47. The van der Waals surface area contributed by atoms with E-state index in [1.807, 2.05) is 7.11 Å². The normalized spacial score (nSPS) is 26.8. The van der Waals surface area contributed by atoms with Gasteiger partial charge in [0.1, 0.15) is 12.4 Å². The molecular weight excluding hydrogens is 839 g/mol. The number of aliphatic hydroxyl groups is 1. The maximum Gasteiger partial charge on any atom is 0.306 e. The number of ether oxygens (including phenoxy) is 2. The minimum atomic E-state index is 0.00688. The minimum absolute atomic E-state index is 0.00688. The number of aliphatic hydroxyl groups excluding tert-OH is 1. The van der Waals surface area contributed by atoms with Crippen molar-refractivity contribution in [3.63, 3.8) is 0 Å². The maximum absolute atomic E-state index is 12.5. The number of rotatable bonds is 37. The van der Waals surface area contributed by atoms with Gasteiger partial charge in [0.25, 0.3) is 0 Å². The number of carbonyl (C=O) groups excluding carboxylic acids is 2. The van der Waals surface area contributed by atoms with Crippen molar-refractivity contribution < 1.29 is 24.2 Å². The fourth-order valence-corrected chi connectivity index (χ4v) is 14.4. The molecule has 1 N–H and O–H groups in total. The van der Waals surface area contributed by atoms with Crippen LogP contribution in [0.5, 0.6) is 0 Å². The Morgan fingerprint density at radius 3 is 1.99 bits per heavy atom. The van der Waals surface area contributed by atoms with Gasteiger partial charge in [-0.25, -0.2) is 0 Å². The summed E-state index contributed by atoms with van der Waals surface area (Å²) in [6.07, 6.45) is 45.1. The van der Waals surface area contributed by atoms with Crippen LogP contribution >= 0.6 is 0 Å². The predicted octanol–water partition coefficient (Wildman–Crippen LogP) is 17.1. The van der Waals surface area contributed by atoms with E-state index in [0.29, 0.717) is 29.8 Å². The summed E-state index contributed by atoms with van der Waals surface area (Å²) in [5.41, 5.74) is 2.83. The van der Waals surface area contributed by atoms with Gasteiger partial charge >= 0.3 is 5.97 Å². The minimum Gasteiger partial charge on any atom is -0.462 e. The van der Waals surface area contributed by atoms with E-state index in [0.717, 1.165) is 138 Å². The third kappa shape index (κ3) is 20.7. The molecule has 0 heterocycles. The zero-order chi connectivity index (χ0) is 49.6. The average Bonchev–Trinajstić information content (AvgIpc) is 3.69. The molecule has 0 saturated heterocycles. The summed E-state index contributed by atoms with van der Waals surface area (Å²) in [6, 6.07) is 0. The average molecular weight is 955 g/mol. The molecule has 68 heavy (non-hydrogen) atoms. The highest BCUT2D eigenvalue weighted by Gasteiger charge is 2.59. The Hall–Kier alpha value is -1.24. The van der Waals surface area contributed by atoms with Crippen molar-refractivity contribution in [3.8, 4) is 0 Å². The molecule has 6 nitrogen and oxygen atoms in total. The van der Waals surface area contributed by atoms with Crippen LogP contribution in [-0.4, -0.2) is 67.8 Å². The molecular formula is C62H115NO5. The van der Waals surface area contributed by atoms with Gasteiger partial charge in [0.05, 0.1) is 6.10 Å². The van der Waals surface area contributed by atoms with Crippen molar-refractivity contribution >= 4 is 12.3 Å². The van der Waals surface area contributed by atoms with Crippen molar-refractivity contribution in [1.29, 1.82) is 0 Å². The van der Waals surface area contributed by atoms with E-state index in [2.05, 4.69) is 66.4 Å². The van der Waals surface area contributed by atoms with E-state index in [1.54, 1.807) is 5.57 Å². The Balaban J connectivity index is 0.000000364. The van der Waals surface area contributed by atoms with Gasteiger partial charge in [0.2, 0.25) is 0 Å². The summed E-state index contributed by atoms with van der Waals surface area (Å²) in [6.45, 7) is 23.2. The van der Waals surface area contributed by atoms with Crippen LogP contribution in [0.3, 0.4) is 0 Å². The van der Waals surface area contributed by atoms with Gasteiger partial charge in [0.15, 0.2) is 0 Å². The van der Waals surface area contributed by atoms with E-state index in [9.17, 15) is 9.59 Å². The van der Waals surface area contributed by atoms with Crippen LogP contribution in [-0.2, 0) is 19.1 Å². The lowest BCUT2D eigenvalue weighted by Gasteiger charge is -2.58. The first-order valence-electron chi connectivity index (χ1n) is 30.1. The van der Waals surface area contributed by atoms with Gasteiger partial charge in [-0.15, -0.1) is 0 Å². The fraction of sp³-hybridized carbons (Fsp3) is 0.935. The number of fused-ring (bicyclic) bond motifs is 5. The second kappa shape index (κ2) is 35.0. The van der Waals surface area contributed by atoms with Crippen LogP contribution in [0, 0.1) is 52.3 Å². The molecule has 6 heteroatoms. The highest BCUT2D eigenvalue weighted by atomic mass is 16.5. The molecule has 4 rings (SSSR count). The lowest BCUT2D eigenvalue weighted by molar-refractivity contribution is -0.150. The number of allylic oxidation sites excluding steroid dienone is 1. The molecule has 3 fully saturated rings. The van der Waals surface area contributed by atoms with Crippen LogP contribution in [0.1, 0.15) is 274 Å². The molecule has 398 valence electrons. The molecule has 0 radical (unpaired) electrons. The van der Waals surface area contributed by atoms with Crippen molar-refractivity contribution in [2.75, 3.05) is 33.4 Å². The van der Waals surface area contributed by atoms with Crippen LogP contribution in [0.2, 0.25) is 0 Å². The van der Waals surface area contributed by atoms with Crippen molar-refractivity contribution in [2.24, 2.45) is 52.3 Å². The fourth-order valence-electron chi connectivity index (χ4n) is 14.4. The Kier molecular flexibility index (Phi) is 31.4. The topological polar surface area (TPSA) is 76.1 Å². The first kappa shape index (κ1) is 61.1. The van der Waals surface area contributed by atoms with Gasteiger partial charge in [-0.05, 0) is 194 Å². The second-order valence-electron chi connectivity index (χ2n) is 24.0. The molecule has 4 aliphatic carbocycles. The molecule has 0 bridgehead atoms. The van der Waals surface area contributed by atoms with Crippen LogP contribution in [0.4, 0.5) is 0 Å². The predicted molar refractivity (Wildman–Crippen MR) is 290 cm³/mol. The van der Waals surface area contributed by atoms with Gasteiger partial charge in [0, 0.05) is 26.6 Å². The smallest absolute Gasteiger partial charge is 0.306 e. The summed E-state index contributed by atoms with van der Waals surface area (Å²) in [7, 11) is 1.91. The first-order chi connectivity index (χ1) is 32.9. The zero-order valence-corrected chi connectivity index (χ0v) is 46.7.